The lowest BCUT2D eigenvalue weighted by atomic mass is 10.1. The van der Waals surface area contributed by atoms with Crippen LogP contribution in [0.5, 0.6) is 0 Å². The first-order valence-corrected chi connectivity index (χ1v) is 9.67. The fourth-order valence-corrected chi connectivity index (χ4v) is 3.32. The summed E-state index contributed by atoms with van der Waals surface area (Å²) < 4.78 is 5.43. The molecule has 0 aromatic heterocycles. The standard InChI is InChI=1S/C21H26ClN3O2/c1-16(17-7-9-19(22)10-8-17)23-21(26)24-20(18-5-3-2-4-6-18)15-25-11-13-27-14-12-25/h2-10,16,20H,11-15H2,1H3,(H2,23,24,26). The minimum absolute atomic E-state index is 0.0817. The van der Waals surface area contributed by atoms with E-state index in [-0.39, 0.29) is 18.1 Å². The summed E-state index contributed by atoms with van der Waals surface area (Å²) in [5.74, 6) is 0. The number of ether oxygens (including phenoxy) is 1. The fraction of sp³-hybridized carbons (Fsp3) is 0.381. The molecule has 5 nitrogen and oxygen atoms in total. The monoisotopic (exact) mass is 387 g/mol. The van der Waals surface area contributed by atoms with Gasteiger partial charge in [-0.05, 0) is 30.2 Å². The van der Waals surface area contributed by atoms with Crippen LogP contribution in [0.3, 0.4) is 0 Å². The summed E-state index contributed by atoms with van der Waals surface area (Å²) >= 11 is 5.94. The number of amides is 2. The summed E-state index contributed by atoms with van der Waals surface area (Å²) in [6.07, 6.45) is 0. The van der Waals surface area contributed by atoms with Crippen LogP contribution in [0.15, 0.2) is 54.6 Å². The molecule has 27 heavy (non-hydrogen) atoms. The Morgan fingerprint density at radius 2 is 1.70 bits per heavy atom. The van der Waals surface area contributed by atoms with Gasteiger partial charge in [-0.2, -0.15) is 0 Å². The average molecular weight is 388 g/mol. The van der Waals surface area contributed by atoms with Gasteiger partial charge in [0.1, 0.15) is 0 Å². The van der Waals surface area contributed by atoms with Crippen LogP contribution in [0.25, 0.3) is 0 Å². The molecule has 1 aliphatic heterocycles. The van der Waals surface area contributed by atoms with E-state index in [1.807, 2.05) is 61.5 Å². The van der Waals surface area contributed by atoms with E-state index in [1.165, 1.54) is 0 Å². The Morgan fingerprint density at radius 1 is 1.04 bits per heavy atom. The number of hydrogen-bond acceptors (Lipinski definition) is 3. The van der Waals surface area contributed by atoms with Crippen molar-refractivity contribution in [2.24, 2.45) is 0 Å². The van der Waals surface area contributed by atoms with E-state index in [0.29, 0.717) is 5.02 Å². The van der Waals surface area contributed by atoms with E-state index in [9.17, 15) is 4.79 Å². The van der Waals surface area contributed by atoms with Crippen molar-refractivity contribution in [3.8, 4) is 0 Å². The Bertz CT molecular complexity index is 718. The van der Waals surface area contributed by atoms with Crippen molar-refractivity contribution in [1.82, 2.24) is 15.5 Å². The van der Waals surface area contributed by atoms with Crippen LogP contribution < -0.4 is 10.6 Å². The van der Waals surface area contributed by atoms with Crippen LogP contribution in [-0.4, -0.2) is 43.8 Å². The van der Waals surface area contributed by atoms with Gasteiger partial charge in [-0.15, -0.1) is 0 Å². The van der Waals surface area contributed by atoms with Crippen molar-refractivity contribution in [1.29, 1.82) is 0 Å². The summed E-state index contributed by atoms with van der Waals surface area (Å²) in [5.41, 5.74) is 2.11. The Morgan fingerprint density at radius 3 is 2.37 bits per heavy atom. The van der Waals surface area contributed by atoms with E-state index in [1.54, 1.807) is 0 Å². The minimum atomic E-state index is -0.181. The first-order chi connectivity index (χ1) is 13.1. The molecule has 1 saturated heterocycles. The van der Waals surface area contributed by atoms with Gasteiger partial charge in [0.2, 0.25) is 0 Å². The largest absolute Gasteiger partial charge is 0.379 e. The highest BCUT2D eigenvalue weighted by atomic mass is 35.5. The maximum Gasteiger partial charge on any atom is 0.315 e. The van der Waals surface area contributed by atoms with E-state index >= 15 is 0 Å². The van der Waals surface area contributed by atoms with Gasteiger partial charge < -0.3 is 15.4 Å². The second kappa shape index (κ2) is 9.74. The van der Waals surface area contributed by atoms with Gasteiger partial charge in [-0.3, -0.25) is 4.90 Å². The lowest BCUT2D eigenvalue weighted by Crippen LogP contribution is -2.46. The third-order valence-electron chi connectivity index (χ3n) is 4.77. The van der Waals surface area contributed by atoms with Gasteiger partial charge >= 0.3 is 6.03 Å². The number of benzene rings is 2. The van der Waals surface area contributed by atoms with Crippen LogP contribution in [-0.2, 0) is 4.74 Å². The zero-order chi connectivity index (χ0) is 19.1. The molecule has 2 N–H and O–H groups in total. The lowest BCUT2D eigenvalue weighted by Gasteiger charge is -2.31. The van der Waals surface area contributed by atoms with E-state index in [4.69, 9.17) is 16.3 Å². The Labute approximate surface area is 165 Å². The molecule has 0 bridgehead atoms. The first kappa shape index (κ1) is 19.7. The number of nitrogens with zero attached hydrogens (tertiary/aromatic N) is 1. The van der Waals surface area contributed by atoms with Crippen molar-refractivity contribution < 1.29 is 9.53 Å². The predicted molar refractivity (Wildman–Crippen MR) is 108 cm³/mol. The number of nitrogens with one attached hydrogen (secondary N) is 2. The highest BCUT2D eigenvalue weighted by Gasteiger charge is 2.21. The molecule has 2 unspecified atom stereocenters. The molecule has 1 fully saturated rings. The Hall–Kier alpha value is -2.08. The third kappa shape index (κ3) is 5.96. The summed E-state index contributed by atoms with van der Waals surface area (Å²) in [7, 11) is 0. The van der Waals surface area contributed by atoms with Crippen molar-refractivity contribution in [3.05, 3.63) is 70.7 Å². The molecule has 0 saturated carbocycles. The Kier molecular flexibility index (Phi) is 7.10. The summed E-state index contributed by atoms with van der Waals surface area (Å²) in [5, 5.41) is 6.84. The number of carbonyl (C=O) groups excluding carboxylic acids is 1. The van der Waals surface area contributed by atoms with Crippen LogP contribution in [0.4, 0.5) is 4.79 Å². The highest BCUT2D eigenvalue weighted by Crippen LogP contribution is 2.18. The Balaban J connectivity index is 1.63. The molecular weight excluding hydrogens is 362 g/mol. The molecule has 1 heterocycles. The zero-order valence-corrected chi connectivity index (χ0v) is 16.3. The van der Waals surface area contributed by atoms with Gasteiger partial charge in [0.15, 0.2) is 0 Å². The molecule has 0 aliphatic carbocycles. The minimum Gasteiger partial charge on any atom is -0.379 e. The number of carbonyl (C=O) groups is 1. The first-order valence-electron chi connectivity index (χ1n) is 9.29. The molecule has 0 spiro atoms. The van der Waals surface area contributed by atoms with E-state index in [0.717, 1.165) is 44.0 Å². The van der Waals surface area contributed by atoms with Gasteiger partial charge in [0.25, 0.3) is 0 Å². The van der Waals surface area contributed by atoms with Crippen LogP contribution >= 0.6 is 11.6 Å². The van der Waals surface area contributed by atoms with Gasteiger partial charge in [0, 0.05) is 24.7 Å². The van der Waals surface area contributed by atoms with Gasteiger partial charge in [0.05, 0.1) is 25.3 Å². The summed E-state index contributed by atoms with van der Waals surface area (Å²) in [4.78, 5) is 15.0. The second-order valence-electron chi connectivity index (χ2n) is 6.77. The number of morpholine rings is 1. The summed E-state index contributed by atoms with van der Waals surface area (Å²) in [6, 6.07) is 17.2. The third-order valence-corrected chi connectivity index (χ3v) is 5.02. The van der Waals surface area contributed by atoms with Crippen LogP contribution in [0.2, 0.25) is 5.02 Å². The lowest BCUT2D eigenvalue weighted by molar-refractivity contribution is 0.0339. The topological polar surface area (TPSA) is 53.6 Å². The quantitative estimate of drug-likeness (QED) is 0.793. The number of rotatable bonds is 6. The molecule has 0 radical (unpaired) electrons. The molecule has 2 aromatic rings. The van der Waals surface area contributed by atoms with Gasteiger partial charge in [-0.1, -0.05) is 54.1 Å². The van der Waals surface area contributed by atoms with E-state index in [2.05, 4.69) is 15.5 Å². The number of halogens is 1. The smallest absolute Gasteiger partial charge is 0.315 e. The predicted octanol–water partition coefficient (Wildman–Crippen LogP) is 3.77. The number of hydrogen-bond donors (Lipinski definition) is 2. The average Bonchev–Trinajstić information content (AvgIpc) is 2.69. The normalized spacial score (nSPS) is 17.1. The van der Waals surface area contributed by atoms with Crippen LogP contribution in [0.1, 0.15) is 30.1 Å². The van der Waals surface area contributed by atoms with E-state index < -0.39 is 0 Å². The molecule has 2 aromatic carbocycles. The highest BCUT2D eigenvalue weighted by molar-refractivity contribution is 6.30. The van der Waals surface area contributed by atoms with Crippen molar-refractivity contribution in [2.75, 3.05) is 32.8 Å². The molecule has 3 rings (SSSR count). The molecule has 2 atom stereocenters. The van der Waals surface area contributed by atoms with Crippen molar-refractivity contribution in [3.63, 3.8) is 0 Å². The maximum atomic E-state index is 12.6. The SMILES string of the molecule is CC(NC(=O)NC(CN1CCOCC1)c1ccccc1)c1ccc(Cl)cc1. The van der Waals surface area contributed by atoms with Crippen molar-refractivity contribution in [2.45, 2.75) is 19.0 Å². The van der Waals surface area contributed by atoms with Gasteiger partial charge in [-0.25, -0.2) is 4.79 Å². The molecule has 1 aliphatic rings. The zero-order valence-electron chi connectivity index (χ0n) is 15.5. The maximum absolute atomic E-state index is 12.6. The number of urea groups is 1. The summed E-state index contributed by atoms with van der Waals surface area (Å²) in [6.45, 7) is 5.96. The van der Waals surface area contributed by atoms with Crippen LogP contribution in [0, 0.1) is 0 Å². The molecule has 6 heteroatoms. The van der Waals surface area contributed by atoms with Crippen molar-refractivity contribution >= 4 is 17.6 Å². The molecule has 2 amide bonds. The molecule has 144 valence electrons. The molecular formula is C21H26ClN3O2. The fourth-order valence-electron chi connectivity index (χ4n) is 3.19. The second-order valence-corrected chi connectivity index (χ2v) is 7.20.